The standard InChI is InChI=1S/C14H23FN2O/c1-4-17(11(2)10-18-3)9-12-5-6-14(15)7-13(12)8-16/h5-7,11H,4,8-10,16H2,1-3H3. The lowest BCUT2D eigenvalue weighted by molar-refractivity contribution is 0.0980. The van der Waals surface area contributed by atoms with Crippen molar-refractivity contribution in [3.63, 3.8) is 0 Å². The monoisotopic (exact) mass is 254 g/mol. The zero-order chi connectivity index (χ0) is 13.5. The van der Waals surface area contributed by atoms with E-state index in [4.69, 9.17) is 10.5 Å². The van der Waals surface area contributed by atoms with Crippen LogP contribution >= 0.6 is 0 Å². The highest BCUT2D eigenvalue weighted by molar-refractivity contribution is 5.27. The van der Waals surface area contributed by atoms with Crippen LogP contribution in [-0.2, 0) is 17.8 Å². The molecule has 1 rings (SSSR count). The van der Waals surface area contributed by atoms with E-state index in [9.17, 15) is 4.39 Å². The van der Waals surface area contributed by atoms with Crippen molar-refractivity contribution in [2.24, 2.45) is 5.73 Å². The zero-order valence-corrected chi connectivity index (χ0v) is 11.4. The van der Waals surface area contributed by atoms with Crippen LogP contribution in [0.2, 0.25) is 0 Å². The summed E-state index contributed by atoms with van der Waals surface area (Å²) < 4.78 is 18.3. The molecule has 0 aromatic heterocycles. The maximum atomic E-state index is 13.1. The molecule has 0 saturated heterocycles. The van der Waals surface area contributed by atoms with Gasteiger partial charge in [-0.15, -0.1) is 0 Å². The Labute approximate surface area is 109 Å². The van der Waals surface area contributed by atoms with Crippen molar-refractivity contribution in [2.45, 2.75) is 33.0 Å². The molecule has 0 bridgehead atoms. The summed E-state index contributed by atoms with van der Waals surface area (Å²) in [6.07, 6.45) is 0. The fraction of sp³-hybridized carbons (Fsp3) is 0.571. The molecule has 0 radical (unpaired) electrons. The summed E-state index contributed by atoms with van der Waals surface area (Å²) in [4.78, 5) is 2.29. The fourth-order valence-corrected chi connectivity index (χ4v) is 2.08. The zero-order valence-electron chi connectivity index (χ0n) is 11.4. The normalized spacial score (nSPS) is 13.0. The Hall–Kier alpha value is -0.970. The molecular weight excluding hydrogens is 231 g/mol. The number of nitrogens with zero attached hydrogens (tertiary/aromatic N) is 1. The second-order valence-corrected chi connectivity index (χ2v) is 4.48. The molecule has 0 heterocycles. The van der Waals surface area contributed by atoms with Crippen molar-refractivity contribution >= 4 is 0 Å². The summed E-state index contributed by atoms with van der Waals surface area (Å²) in [5, 5.41) is 0. The van der Waals surface area contributed by atoms with Gasteiger partial charge in [-0.2, -0.15) is 0 Å². The van der Waals surface area contributed by atoms with E-state index in [-0.39, 0.29) is 5.82 Å². The Bertz CT molecular complexity index is 371. The lowest BCUT2D eigenvalue weighted by Gasteiger charge is -2.28. The highest BCUT2D eigenvalue weighted by Gasteiger charge is 2.14. The first-order chi connectivity index (χ1) is 8.62. The summed E-state index contributed by atoms with van der Waals surface area (Å²) in [6.45, 7) is 6.98. The summed E-state index contributed by atoms with van der Waals surface area (Å²) in [5.41, 5.74) is 7.62. The van der Waals surface area contributed by atoms with Crippen LogP contribution in [0.15, 0.2) is 18.2 Å². The van der Waals surface area contributed by atoms with E-state index in [1.54, 1.807) is 7.11 Å². The molecule has 1 aromatic rings. The molecule has 0 fully saturated rings. The molecule has 0 aliphatic rings. The Morgan fingerprint density at radius 2 is 2.11 bits per heavy atom. The molecule has 0 aliphatic heterocycles. The molecule has 1 unspecified atom stereocenters. The minimum absolute atomic E-state index is 0.229. The summed E-state index contributed by atoms with van der Waals surface area (Å²) >= 11 is 0. The first kappa shape index (κ1) is 15.1. The molecule has 2 N–H and O–H groups in total. The highest BCUT2D eigenvalue weighted by atomic mass is 19.1. The van der Waals surface area contributed by atoms with Crippen LogP contribution in [0.25, 0.3) is 0 Å². The van der Waals surface area contributed by atoms with Gasteiger partial charge in [0, 0.05) is 26.2 Å². The smallest absolute Gasteiger partial charge is 0.123 e. The Balaban J connectivity index is 2.81. The van der Waals surface area contributed by atoms with E-state index in [1.165, 1.54) is 12.1 Å². The number of halogens is 1. The average molecular weight is 254 g/mol. The Morgan fingerprint density at radius 3 is 2.67 bits per heavy atom. The number of benzene rings is 1. The minimum atomic E-state index is -0.229. The predicted molar refractivity (Wildman–Crippen MR) is 71.7 cm³/mol. The van der Waals surface area contributed by atoms with Crippen LogP contribution in [0.4, 0.5) is 4.39 Å². The van der Waals surface area contributed by atoms with Crippen molar-refractivity contribution in [1.82, 2.24) is 4.90 Å². The SMILES string of the molecule is CCN(Cc1ccc(F)cc1CN)C(C)COC. The van der Waals surface area contributed by atoms with Crippen LogP contribution in [-0.4, -0.2) is 31.2 Å². The molecule has 18 heavy (non-hydrogen) atoms. The van der Waals surface area contributed by atoms with Crippen molar-refractivity contribution in [1.29, 1.82) is 0 Å². The maximum Gasteiger partial charge on any atom is 0.123 e. The number of hydrogen-bond donors (Lipinski definition) is 1. The van der Waals surface area contributed by atoms with Crippen LogP contribution in [0.1, 0.15) is 25.0 Å². The quantitative estimate of drug-likeness (QED) is 0.810. The maximum absolute atomic E-state index is 13.1. The Morgan fingerprint density at radius 1 is 1.39 bits per heavy atom. The van der Waals surface area contributed by atoms with Gasteiger partial charge >= 0.3 is 0 Å². The second-order valence-electron chi connectivity index (χ2n) is 4.48. The Kier molecular flexibility index (Phi) is 6.25. The number of methoxy groups -OCH3 is 1. The van der Waals surface area contributed by atoms with Crippen LogP contribution in [0, 0.1) is 5.82 Å². The highest BCUT2D eigenvalue weighted by Crippen LogP contribution is 2.15. The van der Waals surface area contributed by atoms with E-state index in [2.05, 4.69) is 18.7 Å². The molecule has 0 aliphatic carbocycles. The number of rotatable bonds is 7. The average Bonchev–Trinajstić information content (AvgIpc) is 2.37. The number of nitrogens with two attached hydrogens (primary N) is 1. The molecule has 102 valence electrons. The third-order valence-corrected chi connectivity index (χ3v) is 3.20. The van der Waals surface area contributed by atoms with Crippen molar-refractivity contribution in [2.75, 3.05) is 20.3 Å². The van der Waals surface area contributed by atoms with Crippen LogP contribution < -0.4 is 5.73 Å². The van der Waals surface area contributed by atoms with Gasteiger partial charge in [-0.05, 0) is 36.7 Å². The second kappa shape index (κ2) is 7.46. The molecule has 3 nitrogen and oxygen atoms in total. The molecule has 4 heteroatoms. The van der Waals surface area contributed by atoms with Crippen molar-refractivity contribution < 1.29 is 9.13 Å². The summed E-state index contributed by atoms with van der Waals surface area (Å²) in [5.74, 6) is -0.229. The molecule has 0 amide bonds. The van der Waals surface area contributed by atoms with Crippen molar-refractivity contribution in [3.8, 4) is 0 Å². The molecule has 1 atom stereocenters. The van der Waals surface area contributed by atoms with Gasteiger partial charge in [-0.25, -0.2) is 4.39 Å². The van der Waals surface area contributed by atoms with Crippen LogP contribution in [0.5, 0.6) is 0 Å². The molecular formula is C14H23FN2O. The van der Waals surface area contributed by atoms with E-state index >= 15 is 0 Å². The van der Waals surface area contributed by atoms with Gasteiger partial charge in [0.25, 0.3) is 0 Å². The van der Waals surface area contributed by atoms with Gasteiger partial charge in [-0.1, -0.05) is 13.0 Å². The van der Waals surface area contributed by atoms with E-state index in [1.807, 2.05) is 6.07 Å². The van der Waals surface area contributed by atoms with E-state index in [0.717, 1.165) is 24.2 Å². The largest absolute Gasteiger partial charge is 0.383 e. The summed E-state index contributed by atoms with van der Waals surface area (Å²) in [6, 6.07) is 5.16. The van der Waals surface area contributed by atoms with Gasteiger partial charge in [0.2, 0.25) is 0 Å². The number of likely N-dealkylation sites (N-methyl/N-ethyl adjacent to an activating group) is 1. The van der Waals surface area contributed by atoms with Gasteiger partial charge in [-0.3, -0.25) is 4.90 Å². The van der Waals surface area contributed by atoms with Crippen LogP contribution in [0.3, 0.4) is 0 Å². The molecule has 1 aromatic carbocycles. The van der Waals surface area contributed by atoms with Gasteiger partial charge in [0.15, 0.2) is 0 Å². The first-order valence-electron chi connectivity index (χ1n) is 6.32. The minimum Gasteiger partial charge on any atom is -0.383 e. The van der Waals surface area contributed by atoms with Gasteiger partial charge < -0.3 is 10.5 Å². The number of ether oxygens (including phenoxy) is 1. The third-order valence-electron chi connectivity index (χ3n) is 3.20. The lowest BCUT2D eigenvalue weighted by atomic mass is 10.1. The van der Waals surface area contributed by atoms with Crippen molar-refractivity contribution in [3.05, 3.63) is 35.1 Å². The molecule has 0 saturated carbocycles. The number of hydrogen-bond acceptors (Lipinski definition) is 3. The lowest BCUT2D eigenvalue weighted by Crippen LogP contribution is -2.35. The third kappa shape index (κ3) is 4.05. The predicted octanol–water partition coefficient (Wildman–Crippen LogP) is 2.14. The van der Waals surface area contributed by atoms with E-state index in [0.29, 0.717) is 19.2 Å². The van der Waals surface area contributed by atoms with Gasteiger partial charge in [0.05, 0.1) is 6.61 Å². The topological polar surface area (TPSA) is 38.5 Å². The molecule has 0 spiro atoms. The van der Waals surface area contributed by atoms with Gasteiger partial charge in [0.1, 0.15) is 5.82 Å². The first-order valence-corrected chi connectivity index (χ1v) is 6.32. The van der Waals surface area contributed by atoms with E-state index < -0.39 is 0 Å². The summed E-state index contributed by atoms with van der Waals surface area (Å²) in [7, 11) is 1.70. The fourth-order valence-electron chi connectivity index (χ4n) is 2.08.